The van der Waals surface area contributed by atoms with E-state index in [1.54, 1.807) is 0 Å². The van der Waals surface area contributed by atoms with Crippen LogP contribution < -0.4 is 16.2 Å². The predicted molar refractivity (Wildman–Crippen MR) is 72.2 cm³/mol. The van der Waals surface area contributed by atoms with Crippen molar-refractivity contribution in [2.24, 2.45) is 0 Å². The smallest absolute Gasteiger partial charge is 0.260 e. The zero-order chi connectivity index (χ0) is 15.0. The van der Waals surface area contributed by atoms with Crippen LogP contribution in [-0.4, -0.2) is 28.4 Å². The molecule has 3 N–H and O–H groups in total. The van der Waals surface area contributed by atoms with Crippen molar-refractivity contribution in [1.29, 1.82) is 0 Å². The second-order valence-electron chi connectivity index (χ2n) is 5.71. The highest BCUT2D eigenvalue weighted by Gasteiger charge is 2.49. The molecule has 7 heteroatoms. The molecule has 1 aliphatic heterocycles. The molecule has 1 aromatic rings. The number of nitrogens with one attached hydrogen (secondary N) is 3. The molecule has 0 radical (unpaired) electrons. The molecule has 2 heterocycles. The minimum atomic E-state index is -0.682. The third kappa shape index (κ3) is 2.43. The molecule has 1 aliphatic carbocycles. The summed E-state index contributed by atoms with van der Waals surface area (Å²) in [5.41, 5.74) is -1.58. The van der Waals surface area contributed by atoms with Gasteiger partial charge in [-0.2, -0.15) is 0 Å². The van der Waals surface area contributed by atoms with Crippen LogP contribution in [0.1, 0.15) is 42.5 Å². The Balaban J connectivity index is 1.88. The molecule has 0 aromatic carbocycles. The van der Waals surface area contributed by atoms with E-state index >= 15 is 0 Å². The maximum absolute atomic E-state index is 13.2. The second kappa shape index (κ2) is 4.98. The van der Waals surface area contributed by atoms with Gasteiger partial charge in [0.05, 0.1) is 18.0 Å². The third-order valence-corrected chi connectivity index (χ3v) is 4.32. The van der Waals surface area contributed by atoms with Crippen LogP contribution in [0.5, 0.6) is 0 Å². The number of H-pyrrole nitrogens is 1. The van der Waals surface area contributed by atoms with E-state index in [0.29, 0.717) is 6.42 Å². The fourth-order valence-corrected chi connectivity index (χ4v) is 3.31. The van der Waals surface area contributed by atoms with Crippen molar-refractivity contribution < 1.29 is 14.0 Å². The Morgan fingerprint density at radius 3 is 3.00 bits per heavy atom. The zero-order valence-corrected chi connectivity index (χ0v) is 11.4. The number of amides is 2. The first kappa shape index (κ1) is 13.8. The Labute approximate surface area is 120 Å². The van der Waals surface area contributed by atoms with Crippen molar-refractivity contribution in [2.45, 2.75) is 43.7 Å². The van der Waals surface area contributed by atoms with Crippen LogP contribution in [0, 0.1) is 5.82 Å². The van der Waals surface area contributed by atoms with Gasteiger partial charge in [0, 0.05) is 6.20 Å². The average molecular weight is 293 g/mol. The summed E-state index contributed by atoms with van der Waals surface area (Å²) in [5, 5.41) is 5.67. The average Bonchev–Trinajstić information content (AvgIpc) is 2.76. The van der Waals surface area contributed by atoms with Gasteiger partial charge in [-0.1, -0.05) is 12.8 Å². The Hall–Kier alpha value is -2.18. The molecule has 112 valence electrons. The molecule has 0 unspecified atom stereocenters. The number of aromatic amines is 1. The first-order valence-corrected chi connectivity index (χ1v) is 7.00. The van der Waals surface area contributed by atoms with Gasteiger partial charge in [-0.25, -0.2) is 4.39 Å². The van der Waals surface area contributed by atoms with Gasteiger partial charge in [0.25, 0.3) is 11.5 Å². The summed E-state index contributed by atoms with van der Waals surface area (Å²) in [7, 11) is 0. The molecule has 2 atom stereocenters. The lowest BCUT2D eigenvalue weighted by atomic mass is 9.77. The van der Waals surface area contributed by atoms with E-state index in [4.69, 9.17) is 0 Å². The van der Waals surface area contributed by atoms with Gasteiger partial charge in [0.15, 0.2) is 0 Å². The minimum absolute atomic E-state index is 0.102. The largest absolute Gasteiger partial charge is 0.351 e. The standard InChI is InChI=1S/C14H16FN3O3/c15-8-5-9(12(20)16-7-8)13(21)18-14-4-2-1-3-10(14)17-11(19)6-14/h5,7,10H,1-4,6H2,(H,16,20)(H,17,19)(H,18,21)/t10-,14+/m0/s1. The van der Waals surface area contributed by atoms with Crippen LogP contribution in [0.2, 0.25) is 0 Å². The SMILES string of the molecule is O=C1C[C@]2(NC(=O)c3cc(F)c[nH]c3=O)CCCC[C@@H]2N1. The number of halogens is 1. The maximum Gasteiger partial charge on any atom is 0.260 e. The molecule has 1 saturated carbocycles. The van der Waals surface area contributed by atoms with Gasteiger partial charge in [-0.3, -0.25) is 14.4 Å². The Kier molecular flexibility index (Phi) is 3.27. The topological polar surface area (TPSA) is 91.1 Å². The van der Waals surface area contributed by atoms with E-state index in [9.17, 15) is 18.8 Å². The number of rotatable bonds is 2. The molecule has 2 amide bonds. The summed E-state index contributed by atoms with van der Waals surface area (Å²) < 4.78 is 13.2. The van der Waals surface area contributed by atoms with Crippen LogP contribution in [-0.2, 0) is 4.79 Å². The minimum Gasteiger partial charge on any atom is -0.351 e. The fourth-order valence-electron chi connectivity index (χ4n) is 3.31. The van der Waals surface area contributed by atoms with Crippen LogP contribution in [0.3, 0.4) is 0 Å². The highest BCUT2D eigenvalue weighted by Crippen LogP contribution is 2.35. The summed E-state index contributed by atoms with van der Waals surface area (Å²) in [5.74, 6) is -1.42. The van der Waals surface area contributed by atoms with Crippen molar-refractivity contribution in [3.05, 3.63) is 34.0 Å². The summed E-state index contributed by atoms with van der Waals surface area (Å²) in [4.78, 5) is 37.8. The van der Waals surface area contributed by atoms with Gasteiger partial charge in [0.2, 0.25) is 5.91 Å². The van der Waals surface area contributed by atoms with Crippen molar-refractivity contribution in [3.63, 3.8) is 0 Å². The molecular weight excluding hydrogens is 277 g/mol. The quantitative estimate of drug-likeness (QED) is 0.739. The molecule has 0 bridgehead atoms. The number of carbonyl (C=O) groups excluding carboxylic acids is 2. The number of carbonyl (C=O) groups is 2. The van der Waals surface area contributed by atoms with E-state index < -0.39 is 22.8 Å². The van der Waals surface area contributed by atoms with Crippen molar-refractivity contribution >= 4 is 11.8 Å². The zero-order valence-electron chi connectivity index (χ0n) is 11.4. The summed E-state index contributed by atoms with van der Waals surface area (Å²) in [6, 6.07) is 0.794. The summed E-state index contributed by atoms with van der Waals surface area (Å²) in [6.07, 6.45) is 4.48. The number of hydrogen-bond acceptors (Lipinski definition) is 3. The molecule has 21 heavy (non-hydrogen) atoms. The highest BCUT2D eigenvalue weighted by atomic mass is 19.1. The van der Waals surface area contributed by atoms with Gasteiger partial charge >= 0.3 is 0 Å². The van der Waals surface area contributed by atoms with E-state index in [2.05, 4.69) is 15.6 Å². The maximum atomic E-state index is 13.2. The van der Waals surface area contributed by atoms with Gasteiger partial charge < -0.3 is 15.6 Å². The Morgan fingerprint density at radius 2 is 2.19 bits per heavy atom. The lowest BCUT2D eigenvalue weighted by Gasteiger charge is -2.38. The van der Waals surface area contributed by atoms with Crippen molar-refractivity contribution in [2.75, 3.05) is 0 Å². The number of pyridine rings is 1. The van der Waals surface area contributed by atoms with Crippen LogP contribution in [0.4, 0.5) is 4.39 Å². The first-order valence-electron chi connectivity index (χ1n) is 7.00. The third-order valence-electron chi connectivity index (χ3n) is 4.32. The predicted octanol–water partition coefficient (Wildman–Crippen LogP) is 0.445. The molecule has 1 saturated heterocycles. The van der Waals surface area contributed by atoms with Gasteiger partial charge in [0.1, 0.15) is 11.4 Å². The lowest BCUT2D eigenvalue weighted by Crippen LogP contribution is -2.58. The number of hydrogen-bond donors (Lipinski definition) is 3. The summed E-state index contributed by atoms with van der Waals surface area (Å²) in [6.45, 7) is 0. The van der Waals surface area contributed by atoms with Gasteiger partial charge in [-0.15, -0.1) is 0 Å². The molecule has 0 spiro atoms. The normalized spacial score (nSPS) is 27.9. The molecule has 2 aliphatic rings. The summed E-state index contributed by atoms with van der Waals surface area (Å²) >= 11 is 0. The lowest BCUT2D eigenvalue weighted by molar-refractivity contribution is -0.119. The molecule has 6 nitrogen and oxygen atoms in total. The highest BCUT2D eigenvalue weighted by molar-refractivity contribution is 5.95. The number of aromatic nitrogens is 1. The molecular formula is C14H16FN3O3. The monoisotopic (exact) mass is 293 g/mol. The fraction of sp³-hybridized carbons (Fsp3) is 0.500. The Morgan fingerprint density at radius 1 is 1.38 bits per heavy atom. The van der Waals surface area contributed by atoms with Gasteiger partial charge in [-0.05, 0) is 18.9 Å². The molecule has 3 rings (SSSR count). The van der Waals surface area contributed by atoms with E-state index in [-0.39, 0.29) is 23.9 Å². The molecule has 1 aromatic heterocycles. The van der Waals surface area contributed by atoms with E-state index in [0.717, 1.165) is 31.5 Å². The van der Waals surface area contributed by atoms with Crippen LogP contribution in [0.25, 0.3) is 0 Å². The van der Waals surface area contributed by atoms with Crippen LogP contribution in [0.15, 0.2) is 17.1 Å². The van der Waals surface area contributed by atoms with E-state index in [1.807, 2.05) is 0 Å². The number of fused-ring (bicyclic) bond motifs is 1. The second-order valence-corrected chi connectivity index (χ2v) is 5.71. The van der Waals surface area contributed by atoms with Crippen molar-refractivity contribution in [1.82, 2.24) is 15.6 Å². The van der Waals surface area contributed by atoms with E-state index in [1.165, 1.54) is 0 Å². The Bertz CT molecular complexity index is 657. The van der Waals surface area contributed by atoms with Crippen LogP contribution >= 0.6 is 0 Å². The van der Waals surface area contributed by atoms with Crippen molar-refractivity contribution in [3.8, 4) is 0 Å². The molecule has 2 fully saturated rings. The first-order chi connectivity index (χ1) is 10.00.